The van der Waals surface area contributed by atoms with Crippen LogP contribution in [0.3, 0.4) is 0 Å². The third kappa shape index (κ3) is 9.86. The summed E-state index contributed by atoms with van der Waals surface area (Å²) in [6.07, 6.45) is 16.3. The van der Waals surface area contributed by atoms with Crippen molar-refractivity contribution in [3.05, 3.63) is 81.4 Å². The van der Waals surface area contributed by atoms with Gasteiger partial charge in [0.1, 0.15) is 11.2 Å². The number of benzene rings is 2. The Bertz CT molecular complexity index is 2050. The van der Waals surface area contributed by atoms with Gasteiger partial charge in [0.05, 0.1) is 20.8 Å². The van der Waals surface area contributed by atoms with Crippen LogP contribution in [0.5, 0.6) is 0 Å². The molecule has 0 atom stereocenters. The number of aryl methyl sites for hydroxylation is 1. The molecule has 3 aromatic rings. The fourth-order valence-electron chi connectivity index (χ4n) is 6.15. The van der Waals surface area contributed by atoms with E-state index in [1.54, 1.807) is 46.6 Å². The van der Waals surface area contributed by atoms with Gasteiger partial charge in [-0.25, -0.2) is 8.42 Å². The number of fused-ring (bicyclic) bond motifs is 2. The first-order valence-electron chi connectivity index (χ1n) is 16.0. The van der Waals surface area contributed by atoms with Crippen molar-refractivity contribution >= 4 is 90.6 Å². The van der Waals surface area contributed by atoms with Crippen LogP contribution in [-0.2, 0) is 26.3 Å². The highest BCUT2D eigenvalue weighted by Gasteiger charge is 2.29. The zero-order valence-corrected chi connectivity index (χ0v) is 32.7. The molecule has 5 rings (SSSR count). The van der Waals surface area contributed by atoms with Gasteiger partial charge in [0.2, 0.25) is 12.1 Å². The molecule has 1 aromatic heterocycles. The molecule has 1 aliphatic carbocycles. The number of thioether (sulfide) groups is 3. The number of aromatic nitrogens is 1. The highest BCUT2D eigenvalue weighted by Crippen LogP contribution is 2.48. The summed E-state index contributed by atoms with van der Waals surface area (Å²) >= 11 is 6.51. The second kappa shape index (κ2) is 16.1. The van der Waals surface area contributed by atoms with Gasteiger partial charge >= 0.3 is 5.97 Å². The van der Waals surface area contributed by atoms with E-state index in [2.05, 4.69) is 62.5 Å². The van der Waals surface area contributed by atoms with E-state index in [0.717, 1.165) is 64.6 Å². The number of carboxylic acid groups (broad SMARTS) is 1. The second-order valence-corrected chi connectivity index (χ2v) is 18.4. The number of amides is 1. The number of carboxylic acids is 1. The Balaban J connectivity index is 1.43. The number of hydrogen-bond donors (Lipinski definition) is 2. The summed E-state index contributed by atoms with van der Waals surface area (Å²) in [7, 11) is -4.33. The monoisotopic (exact) mass is 771 g/mol. The Morgan fingerprint density at radius 2 is 1.94 bits per heavy atom. The highest BCUT2D eigenvalue weighted by molar-refractivity contribution is 8.03. The zero-order valence-electron chi connectivity index (χ0n) is 28.6. The van der Waals surface area contributed by atoms with E-state index in [1.807, 2.05) is 46.3 Å². The average Bonchev–Trinajstić information content (AvgIpc) is 3.52. The number of carbonyl (C=O) groups is 2. The summed E-state index contributed by atoms with van der Waals surface area (Å²) in [5.41, 5.74) is 5.29. The van der Waals surface area contributed by atoms with Crippen molar-refractivity contribution in [1.29, 1.82) is 0 Å². The Labute approximate surface area is 310 Å². The summed E-state index contributed by atoms with van der Waals surface area (Å²) < 4.78 is 35.9. The second-order valence-electron chi connectivity index (χ2n) is 13.0. The lowest BCUT2D eigenvalue weighted by Crippen LogP contribution is -2.44. The van der Waals surface area contributed by atoms with E-state index in [-0.39, 0.29) is 37.4 Å². The molecule has 0 fully saturated rings. The van der Waals surface area contributed by atoms with Crippen molar-refractivity contribution < 1.29 is 32.2 Å². The molecule has 50 heavy (non-hydrogen) atoms. The zero-order chi connectivity index (χ0) is 36.2. The van der Waals surface area contributed by atoms with Gasteiger partial charge in [0, 0.05) is 39.1 Å². The normalized spacial score (nSPS) is 17.6. The smallest absolute Gasteiger partial charge is 0.323 e. The minimum atomic E-state index is -4.33. The van der Waals surface area contributed by atoms with Crippen molar-refractivity contribution in [2.24, 2.45) is 5.41 Å². The molecule has 2 aliphatic rings. The molecule has 0 spiro atoms. The van der Waals surface area contributed by atoms with Crippen molar-refractivity contribution in [2.45, 2.75) is 61.3 Å². The maximum atomic E-state index is 13.0. The van der Waals surface area contributed by atoms with Gasteiger partial charge < -0.3 is 19.9 Å². The molecule has 1 amide bonds. The van der Waals surface area contributed by atoms with Crippen LogP contribution in [0.4, 0.5) is 5.69 Å². The van der Waals surface area contributed by atoms with Crippen molar-refractivity contribution in [1.82, 2.24) is 5.32 Å². The van der Waals surface area contributed by atoms with E-state index >= 15 is 0 Å². The minimum Gasteiger partial charge on any atom is -0.748 e. The van der Waals surface area contributed by atoms with Crippen LogP contribution in [0.1, 0.15) is 43.7 Å². The van der Waals surface area contributed by atoms with Gasteiger partial charge in [0.15, 0.2) is 0 Å². The predicted molar refractivity (Wildman–Crippen MR) is 206 cm³/mol. The van der Waals surface area contributed by atoms with Gasteiger partial charge in [-0.15, -0.1) is 23.5 Å². The minimum absolute atomic E-state index is 0.0142. The summed E-state index contributed by atoms with van der Waals surface area (Å²) in [5.74, 6) is -1.66. The lowest BCUT2D eigenvalue weighted by molar-refractivity contribution is -0.655. The molecular formula is C36H41N3O6S5. The molecule has 266 valence electrons. The van der Waals surface area contributed by atoms with Gasteiger partial charge in [-0.05, 0) is 91.2 Å². The van der Waals surface area contributed by atoms with Crippen LogP contribution in [-0.4, -0.2) is 61.3 Å². The predicted octanol–water partition coefficient (Wildman–Crippen LogP) is 7.22. The van der Waals surface area contributed by atoms with Crippen LogP contribution >= 0.6 is 46.6 Å². The molecule has 9 nitrogen and oxygen atoms in total. The fraction of sp³-hybridized carbons (Fsp3) is 0.361. The lowest BCUT2D eigenvalue weighted by atomic mass is 9.75. The van der Waals surface area contributed by atoms with E-state index in [0.29, 0.717) is 0 Å². The largest absolute Gasteiger partial charge is 0.748 e. The molecule has 2 heterocycles. The molecule has 0 bridgehead atoms. The third-order valence-corrected chi connectivity index (χ3v) is 12.9. The maximum absolute atomic E-state index is 13.0. The average molecular weight is 772 g/mol. The first-order valence-corrected chi connectivity index (χ1v) is 21.7. The molecular weight excluding hydrogens is 731 g/mol. The van der Waals surface area contributed by atoms with Crippen molar-refractivity contribution in [2.75, 3.05) is 36.3 Å². The van der Waals surface area contributed by atoms with E-state index < -0.39 is 21.8 Å². The fourth-order valence-corrected chi connectivity index (χ4v) is 10.1. The van der Waals surface area contributed by atoms with Crippen LogP contribution in [0.25, 0.3) is 16.3 Å². The number of nitrogens with zero attached hydrogens (tertiary/aromatic N) is 2. The standard InChI is InChI=1S/C36H41N3O6S5/c1-23-14-30-28(18-29(23)47-5)39(22-35(41)42)33(48-30)9-6-8-24-15-25(20-36(2,3)19-24)16-34-38(21-32(40)37-12-7-13-50(43,44)45)27-11-10-26(46-4)17-31(27)49-34/h6,8-11,14-18H,7,12-13,19-22H2,1-5H3,(H2-,37,40,41,42,43,44,45). The quantitative estimate of drug-likeness (QED) is 0.0796. The van der Waals surface area contributed by atoms with E-state index in [9.17, 15) is 27.7 Å². The Hall–Kier alpha value is -3.01. The van der Waals surface area contributed by atoms with Gasteiger partial charge in [0.25, 0.3) is 10.9 Å². The molecule has 1 aliphatic heterocycles. The molecule has 0 saturated carbocycles. The molecule has 0 radical (unpaired) electrons. The van der Waals surface area contributed by atoms with E-state index in [4.69, 9.17) is 0 Å². The summed E-state index contributed by atoms with van der Waals surface area (Å²) in [5, 5.41) is 14.2. The molecule has 0 unspecified atom stereocenters. The molecule has 0 saturated heterocycles. The third-order valence-electron chi connectivity index (χ3n) is 8.27. The molecule has 2 aromatic carbocycles. The molecule has 2 N–H and O–H groups in total. The highest BCUT2D eigenvalue weighted by atomic mass is 32.2. The van der Waals surface area contributed by atoms with Crippen LogP contribution in [0.15, 0.2) is 85.5 Å². The maximum Gasteiger partial charge on any atom is 0.323 e. The number of hydrogen-bond acceptors (Lipinski definition) is 10. The summed E-state index contributed by atoms with van der Waals surface area (Å²) in [4.78, 5) is 30.0. The van der Waals surface area contributed by atoms with Crippen LogP contribution < -0.4 is 14.8 Å². The first kappa shape index (κ1) is 38.2. The first-order chi connectivity index (χ1) is 23.6. The number of carbonyl (C=O) groups excluding carboxylic acids is 1. The van der Waals surface area contributed by atoms with Crippen molar-refractivity contribution in [3.63, 3.8) is 0 Å². The Kier molecular flexibility index (Phi) is 12.3. The van der Waals surface area contributed by atoms with Crippen LogP contribution in [0.2, 0.25) is 0 Å². The number of anilines is 1. The molecule has 14 heteroatoms. The van der Waals surface area contributed by atoms with Gasteiger partial charge in [-0.3, -0.25) is 9.59 Å². The number of rotatable bonds is 13. The van der Waals surface area contributed by atoms with Crippen molar-refractivity contribution in [3.8, 4) is 0 Å². The SMILES string of the molecule is CSc1ccc2c(c1)sc(/C=C1C=C(/C=C/C=C3\Sc4cc(C)c(SC)cc4N3CC(=O)O)CC(C)(C)C/1)[n+]2CC(=O)NCCCS(=O)(=O)[O-]. The van der Waals surface area contributed by atoms with Gasteiger partial charge in [-0.2, -0.15) is 4.57 Å². The number of thiazole rings is 1. The number of allylic oxidation sites excluding steroid dienone is 6. The lowest BCUT2D eigenvalue weighted by Gasteiger charge is -2.30. The van der Waals surface area contributed by atoms with Crippen LogP contribution in [0, 0.1) is 12.3 Å². The summed E-state index contributed by atoms with van der Waals surface area (Å²) in [6.45, 7) is 6.60. The van der Waals surface area contributed by atoms with Gasteiger partial charge in [-0.1, -0.05) is 55.2 Å². The topological polar surface area (TPSA) is 131 Å². The summed E-state index contributed by atoms with van der Waals surface area (Å²) in [6, 6.07) is 10.4. The number of aliphatic carboxylic acids is 1. The Morgan fingerprint density at radius 3 is 2.64 bits per heavy atom. The number of nitrogens with one attached hydrogen (secondary N) is 1. The van der Waals surface area contributed by atoms with E-state index in [1.165, 1.54) is 5.56 Å². The Morgan fingerprint density at radius 1 is 1.16 bits per heavy atom.